The van der Waals surface area contributed by atoms with Gasteiger partial charge < -0.3 is 10.5 Å². The molecule has 2 aromatic rings. The molecule has 0 aromatic heterocycles. The minimum atomic E-state index is -0.598. The third kappa shape index (κ3) is 3.00. The van der Waals surface area contributed by atoms with E-state index < -0.39 is 6.10 Å². The molecule has 0 aliphatic carbocycles. The summed E-state index contributed by atoms with van der Waals surface area (Å²) in [5.74, 6) is 3.01. The van der Waals surface area contributed by atoms with Crippen LogP contribution in [0.1, 0.15) is 11.1 Å². The number of rotatable bonds is 3. The van der Waals surface area contributed by atoms with Gasteiger partial charge in [-0.25, -0.2) is 0 Å². The van der Waals surface area contributed by atoms with Gasteiger partial charge in [0.1, 0.15) is 5.75 Å². The molecule has 0 spiro atoms. The van der Waals surface area contributed by atoms with Crippen LogP contribution in [0.25, 0.3) is 0 Å². The number of amides is 1. The van der Waals surface area contributed by atoms with E-state index in [2.05, 4.69) is 12.0 Å². The molecule has 4 heteroatoms. The molecule has 0 radical (unpaired) electrons. The van der Waals surface area contributed by atoms with Gasteiger partial charge >= 0.3 is 0 Å². The third-order valence-corrected chi connectivity index (χ3v) is 3.84. The first kappa shape index (κ1) is 15.0. The Labute approximate surface area is 135 Å². The summed E-state index contributed by atoms with van der Waals surface area (Å²) in [7, 11) is 0. The van der Waals surface area contributed by atoms with Crippen molar-refractivity contribution in [3.63, 3.8) is 0 Å². The van der Waals surface area contributed by atoms with Gasteiger partial charge in [0, 0.05) is 18.2 Å². The van der Waals surface area contributed by atoms with E-state index in [0.29, 0.717) is 23.5 Å². The molecule has 1 atom stereocenters. The minimum Gasteiger partial charge on any atom is -0.478 e. The number of nitrogens with zero attached hydrogens (tertiary/aromatic N) is 1. The van der Waals surface area contributed by atoms with Crippen molar-refractivity contribution in [1.29, 1.82) is 0 Å². The molecule has 0 fully saturated rings. The zero-order valence-corrected chi connectivity index (χ0v) is 13.0. The number of carbonyl (C=O) groups excluding carboxylic acids is 1. The summed E-state index contributed by atoms with van der Waals surface area (Å²) in [6.07, 6.45) is 5.32. The highest BCUT2D eigenvalue weighted by Crippen LogP contribution is 2.36. The highest BCUT2D eigenvalue weighted by atomic mass is 16.5. The van der Waals surface area contributed by atoms with Crippen LogP contribution in [0.2, 0.25) is 0 Å². The first-order valence-corrected chi connectivity index (χ1v) is 7.45. The topological polar surface area (TPSA) is 55.6 Å². The number of aryl methyl sites for hydroxylation is 1. The molecule has 1 unspecified atom stereocenters. The first-order chi connectivity index (χ1) is 11.1. The molecule has 4 nitrogen and oxygen atoms in total. The van der Waals surface area contributed by atoms with Crippen LogP contribution in [0.4, 0.5) is 11.4 Å². The maximum atomic E-state index is 12.7. The lowest BCUT2D eigenvalue weighted by Crippen LogP contribution is -2.47. The molecular formula is C19H18N2O2. The van der Waals surface area contributed by atoms with Crippen LogP contribution in [-0.4, -0.2) is 18.6 Å². The van der Waals surface area contributed by atoms with Gasteiger partial charge in [-0.3, -0.25) is 9.69 Å². The number of ether oxygens (including phenoxy) is 1. The largest absolute Gasteiger partial charge is 0.478 e. The molecular weight excluding hydrogens is 288 g/mol. The SMILES string of the molecule is C#CCN1C(=O)C(Cc2cccc(C)c2)Oc2cc(N)ccc21. The van der Waals surface area contributed by atoms with Gasteiger partial charge in [0.25, 0.3) is 5.91 Å². The minimum absolute atomic E-state index is 0.123. The number of nitrogens with two attached hydrogens (primary N) is 1. The van der Waals surface area contributed by atoms with Crippen molar-refractivity contribution in [2.75, 3.05) is 17.2 Å². The summed E-state index contributed by atoms with van der Waals surface area (Å²) < 4.78 is 5.91. The number of anilines is 2. The smallest absolute Gasteiger partial charge is 0.269 e. The fourth-order valence-electron chi connectivity index (χ4n) is 2.78. The number of hydrogen-bond donors (Lipinski definition) is 1. The predicted octanol–water partition coefficient (Wildman–Crippen LogP) is 2.55. The highest BCUT2D eigenvalue weighted by molar-refractivity contribution is 6.00. The van der Waals surface area contributed by atoms with Crippen molar-refractivity contribution in [1.82, 2.24) is 0 Å². The second-order valence-corrected chi connectivity index (χ2v) is 5.66. The number of hydrogen-bond acceptors (Lipinski definition) is 3. The fraction of sp³-hybridized carbons (Fsp3) is 0.211. The Morgan fingerprint density at radius 3 is 2.87 bits per heavy atom. The summed E-state index contributed by atoms with van der Waals surface area (Å²) in [5, 5.41) is 0. The number of fused-ring (bicyclic) bond motifs is 1. The fourth-order valence-corrected chi connectivity index (χ4v) is 2.78. The van der Waals surface area contributed by atoms with Crippen molar-refractivity contribution in [2.45, 2.75) is 19.4 Å². The van der Waals surface area contributed by atoms with E-state index in [-0.39, 0.29) is 12.5 Å². The molecule has 1 aliphatic rings. The lowest BCUT2D eigenvalue weighted by Gasteiger charge is -2.33. The Balaban J connectivity index is 1.93. The Morgan fingerprint density at radius 2 is 2.13 bits per heavy atom. The quantitative estimate of drug-likeness (QED) is 0.700. The van der Waals surface area contributed by atoms with Crippen LogP contribution in [-0.2, 0) is 11.2 Å². The summed E-state index contributed by atoms with van der Waals surface area (Å²) in [5.41, 5.74) is 9.29. The summed E-state index contributed by atoms with van der Waals surface area (Å²) in [4.78, 5) is 14.3. The van der Waals surface area contributed by atoms with Crippen LogP contribution in [0.3, 0.4) is 0 Å². The molecule has 2 aromatic carbocycles. The van der Waals surface area contributed by atoms with Crippen LogP contribution >= 0.6 is 0 Å². The lowest BCUT2D eigenvalue weighted by molar-refractivity contribution is -0.126. The van der Waals surface area contributed by atoms with Crippen molar-refractivity contribution < 1.29 is 9.53 Å². The monoisotopic (exact) mass is 306 g/mol. The van der Waals surface area contributed by atoms with Crippen molar-refractivity contribution in [3.05, 3.63) is 53.6 Å². The summed E-state index contributed by atoms with van der Waals surface area (Å²) in [6, 6.07) is 13.3. The van der Waals surface area contributed by atoms with E-state index in [0.717, 1.165) is 11.1 Å². The van der Waals surface area contributed by atoms with E-state index >= 15 is 0 Å². The third-order valence-electron chi connectivity index (χ3n) is 3.84. The number of benzene rings is 2. The number of carbonyl (C=O) groups is 1. The van der Waals surface area contributed by atoms with E-state index in [4.69, 9.17) is 16.9 Å². The zero-order chi connectivity index (χ0) is 16.4. The van der Waals surface area contributed by atoms with E-state index in [1.165, 1.54) is 0 Å². The van der Waals surface area contributed by atoms with Crippen LogP contribution in [0, 0.1) is 19.3 Å². The average Bonchev–Trinajstić information content (AvgIpc) is 2.51. The van der Waals surface area contributed by atoms with Gasteiger partial charge in [-0.1, -0.05) is 35.7 Å². The lowest BCUT2D eigenvalue weighted by atomic mass is 10.0. The Bertz CT molecular complexity index is 792. The molecule has 1 amide bonds. The number of terminal acetylenes is 1. The van der Waals surface area contributed by atoms with Crippen molar-refractivity contribution in [3.8, 4) is 18.1 Å². The van der Waals surface area contributed by atoms with Gasteiger partial charge in [-0.15, -0.1) is 6.42 Å². The second kappa shape index (κ2) is 6.05. The van der Waals surface area contributed by atoms with Gasteiger partial charge in [-0.2, -0.15) is 0 Å². The van der Waals surface area contributed by atoms with Crippen LogP contribution in [0.15, 0.2) is 42.5 Å². The van der Waals surface area contributed by atoms with Gasteiger partial charge in [0.05, 0.1) is 12.2 Å². The van der Waals surface area contributed by atoms with E-state index in [1.807, 2.05) is 25.1 Å². The maximum absolute atomic E-state index is 12.7. The molecule has 1 aliphatic heterocycles. The average molecular weight is 306 g/mol. The molecule has 2 N–H and O–H groups in total. The summed E-state index contributed by atoms with van der Waals surface area (Å²) in [6.45, 7) is 2.23. The molecule has 3 rings (SSSR count). The molecule has 116 valence electrons. The first-order valence-electron chi connectivity index (χ1n) is 7.45. The van der Waals surface area contributed by atoms with Crippen LogP contribution in [0.5, 0.6) is 5.75 Å². The highest BCUT2D eigenvalue weighted by Gasteiger charge is 2.34. The number of nitrogen functional groups attached to an aromatic ring is 1. The van der Waals surface area contributed by atoms with Crippen molar-refractivity contribution in [2.24, 2.45) is 0 Å². The van der Waals surface area contributed by atoms with Crippen molar-refractivity contribution >= 4 is 17.3 Å². The van der Waals surface area contributed by atoms with Crippen LogP contribution < -0.4 is 15.4 Å². The normalized spacial score (nSPS) is 16.4. The maximum Gasteiger partial charge on any atom is 0.269 e. The zero-order valence-electron chi connectivity index (χ0n) is 13.0. The van der Waals surface area contributed by atoms with Gasteiger partial charge in [0.15, 0.2) is 6.10 Å². The Kier molecular flexibility index (Phi) is 3.94. The molecule has 0 bridgehead atoms. The van der Waals surface area contributed by atoms with Gasteiger partial charge in [0.2, 0.25) is 0 Å². The standard InChI is InChI=1S/C19H18N2O2/c1-3-9-21-16-8-7-15(20)12-17(16)23-18(19(21)22)11-14-6-4-5-13(2)10-14/h1,4-8,10,12,18H,9,11,20H2,2H3. The molecule has 1 heterocycles. The Morgan fingerprint density at radius 1 is 1.30 bits per heavy atom. The van der Waals surface area contributed by atoms with E-state index in [9.17, 15) is 4.79 Å². The summed E-state index contributed by atoms with van der Waals surface area (Å²) >= 11 is 0. The second-order valence-electron chi connectivity index (χ2n) is 5.66. The molecule has 23 heavy (non-hydrogen) atoms. The van der Waals surface area contributed by atoms with E-state index in [1.54, 1.807) is 23.1 Å². The Hall–Kier alpha value is -2.93. The molecule has 0 saturated heterocycles. The molecule has 0 saturated carbocycles. The predicted molar refractivity (Wildman–Crippen MR) is 91.3 cm³/mol. The van der Waals surface area contributed by atoms with Gasteiger partial charge in [-0.05, 0) is 24.6 Å².